The second kappa shape index (κ2) is 2.82. The lowest BCUT2D eigenvalue weighted by Crippen LogP contribution is -2.32. The lowest BCUT2D eigenvalue weighted by atomic mass is 9.88. The van der Waals surface area contributed by atoms with Crippen molar-refractivity contribution in [2.75, 3.05) is 0 Å². The van der Waals surface area contributed by atoms with Crippen molar-refractivity contribution in [2.24, 2.45) is 11.7 Å². The minimum Gasteiger partial charge on any atom is -0.369 e. The Balaban J connectivity index is 2.56. The molecule has 1 amide bonds. The summed E-state index contributed by atoms with van der Waals surface area (Å²) in [7, 11) is 0. The number of primary amides is 1. The van der Waals surface area contributed by atoms with Gasteiger partial charge in [-0.3, -0.25) is 9.59 Å². The van der Waals surface area contributed by atoms with Gasteiger partial charge in [0.15, 0.2) is 0 Å². The summed E-state index contributed by atoms with van der Waals surface area (Å²) in [5.74, 6) is -0.905. The number of nitrogens with two attached hydrogens (primary N) is 1. The molecule has 0 aliphatic heterocycles. The predicted molar refractivity (Wildman–Crippen MR) is 36.2 cm³/mol. The zero-order valence-corrected chi connectivity index (χ0v) is 5.80. The van der Waals surface area contributed by atoms with Crippen LogP contribution in [0, 0.1) is 5.92 Å². The van der Waals surface area contributed by atoms with Crippen molar-refractivity contribution in [3.8, 4) is 0 Å². The van der Waals surface area contributed by atoms with E-state index in [2.05, 4.69) is 0 Å². The molecule has 0 aromatic rings. The molecule has 0 saturated heterocycles. The van der Waals surface area contributed by atoms with Gasteiger partial charge >= 0.3 is 0 Å². The van der Waals surface area contributed by atoms with E-state index in [9.17, 15) is 9.59 Å². The van der Waals surface area contributed by atoms with Crippen molar-refractivity contribution >= 4 is 11.7 Å². The van der Waals surface area contributed by atoms with E-state index in [0.29, 0.717) is 12.8 Å². The molecule has 1 atom stereocenters. The van der Waals surface area contributed by atoms with Gasteiger partial charge in [0.25, 0.3) is 0 Å². The molecule has 0 heterocycles. The molecule has 1 saturated carbocycles. The summed E-state index contributed by atoms with van der Waals surface area (Å²) >= 11 is 0. The Morgan fingerprint density at radius 1 is 1.50 bits per heavy atom. The molecule has 1 unspecified atom stereocenters. The van der Waals surface area contributed by atoms with Crippen LogP contribution in [0.5, 0.6) is 0 Å². The van der Waals surface area contributed by atoms with Crippen LogP contribution in [0.3, 0.4) is 0 Å². The van der Waals surface area contributed by atoms with Crippen LogP contribution in [0.2, 0.25) is 0 Å². The highest BCUT2D eigenvalue weighted by atomic mass is 16.2. The molecule has 0 aromatic heterocycles. The van der Waals surface area contributed by atoms with Crippen molar-refractivity contribution in [3.05, 3.63) is 0 Å². The van der Waals surface area contributed by atoms with Gasteiger partial charge in [0.2, 0.25) is 5.91 Å². The van der Waals surface area contributed by atoms with Crippen molar-refractivity contribution < 1.29 is 9.59 Å². The van der Waals surface area contributed by atoms with E-state index in [1.54, 1.807) is 0 Å². The Hall–Kier alpha value is -0.860. The van der Waals surface area contributed by atoms with Crippen LogP contribution in [0.25, 0.3) is 0 Å². The number of carbonyl (C=O) groups is 2. The third-order valence-corrected chi connectivity index (χ3v) is 1.90. The van der Waals surface area contributed by atoms with Crippen molar-refractivity contribution in [1.82, 2.24) is 0 Å². The summed E-state index contributed by atoms with van der Waals surface area (Å²) in [5.41, 5.74) is 5.00. The fourth-order valence-corrected chi connectivity index (χ4v) is 1.28. The Morgan fingerprint density at radius 3 is 2.60 bits per heavy atom. The molecule has 10 heavy (non-hydrogen) atoms. The normalized spacial score (nSPS) is 26.4. The zero-order chi connectivity index (χ0) is 7.56. The van der Waals surface area contributed by atoms with Crippen LogP contribution in [-0.2, 0) is 9.59 Å². The van der Waals surface area contributed by atoms with Crippen LogP contribution in [0.15, 0.2) is 0 Å². The molecule has 1 aliphatic carbocycles. The van der Waals surface area contributed by atoms with Gasteiger partial charge in [0.1, 0.15) is 5.78 Å². The summed E-state index contributed by atoms with van der Waals surface area (Å²) in [6, 6.07) is 0. The van der Waals surface area contributed by atoms with Gasteiger partial charge < -0.3 is 5.73 Å². The molecule has 3 heteroatoms. The minimum absolute atomic E-state index is 0.0266. The van der Waals surface area contributed by atoms with Gasteiger partial charge in [-0.15, -0.1) is 0 Å². The molecule has 0 bridgehead atoms. The monoisotopic (exact) mass is 141 g/mol. The van der Waals surface area contributed by atoms with E-state index in [4.69, 9.17) is 5.73 Å². The van der Waals surface area contributed by atoms with Crippen LogP contribution in [0.1, 0.15) is 25.7 Å². The SMILES string of the molecule is NC(=O)C1CCCCC1=O. The molecule has 3 nitrogen and oxygen atoms in total. The quantitative estimate of drug-likeness (QED) is 0.531. The maximum absolute atomic E-state index is 10.9. The molecule has 0 radical (unpaired) electrons. The highest BCUT2D eigenvalue weighted by Crippen LogP contribution is 2.19. The fraction of sp³-hybridized carbons (Fsp3) is 0.714. The summed E-state index contributed by atoms with van der Waals surface area (Å²) in [4.78, 5) is 21.5. The largest absolute Gasteiger partial charge is 0.369 e. The van der Waals surface area contributed by atoms with Gasteiger partial charge in [-0.1, -0.05) is 6.42 Å². The summed E-state index contributed by atoms with van der Waals surface area (Å²) in [6.07, 6.45) is 3.07. The van der Waals surface area contributed by atoms with E-state index in [1.165, 1.54) is 0 Å². The first kappa shape index (κ1) is 7.25. The number of hydrogen-bond donors (Lipinski definition) is 1. The third kappa shape index (κ3) is 1.35. The Bertz CT molecular complexity index is 165. The molecule has 56 valence electrons. The van der Waals surface area contributed by atoms with Crippen LogP contribution in [0.4, 0.5) is 0 Å². The second-order valence-corrected chi connectivity index (χ2v) is 2.67. The number of Topliss-reactive ketones (excluding diaryl/α,β-unsaturated/α-hetero) is 1. The first-order valence-corrected chi connectivity index (χ1v) is 3.54. The Labute approximate surface area is 59.6 Å². The number of hydrogen-bond acceptors (Lipinski definition) is 2. The Kier molecular flexibility index (Phi) is 2.04. The summed E-state index contributed by atoms with van der Waals surface area (Å²) in [5, 5.41) is 0. The predicted octanol–water partition coefficient (Wildman–Crippen LogP) is 0.231. The topological polar surface area (TPSA) is 60.2 Å². The highest BCUT2D eigenvalue weighted by molar-refractivity contribution is 6.00. The maximum atomic E-state index is 10.9. The lowest BCUT2D eigenvalue weighted by molar-refractivity contribution is -0.133. The highest BCUT2D eigenvalue weighted by Gasteiger charge is 2.26. The molecule has 0 aromatic carbocycles. The van der Waals surface area contributed by atoms with Crippen molar-refractivity contribution in [1.29, 1.82) is 0 Å². The Morgan fingerprint density at radius 2 is 2.20 bits per heavy atom. The number of carbonyl (C=O) groups excluding carboxylic acids is 2. The molecule has 1 fully saturated rings. The van der Waals surface area contributed by atoms with Gasteiger partial charge in [-0.2, -0.15) is 0 Å². The number of ketones is 1. The van der Waals surface area contributed by atoms with E-state index in [0.717, 1.165) is 12.8 Å². The van der Waals surface area contributed by atoms with Crippen molar-refractivity contribution in [3.63, 3.8) is 0 Å². The molecule has 1 aliphatic rings. The molecular weight excluding hydrogens is 130 g/mol. The standard InChI is InChI=1S/C7H11NO2/c8-7(10)5-3-1-2-4-6(5)9/h5H,1-4H2,(H2,8,10). The van der Waals surface area contributed by atoms with Gasteiger partial charge in [0, 0.05) is 6.42 Å². The van der Waals surface area contributed by atoms with E-state index >= 15 is 0 Å². The molecule has 1 rings (SSSR count). The van der Waals surface area contributed by atoms with E-state index < -0.39 is 11.8 Å². The average molecular weight is 141 g/mol. The fourth-order valence-electron chi connectivity index (χ4n) is 1.28. The number of amides is 1. The van der Waals surface area contributed by atoms with Crippen LogP contribution in [-0.4, -0.2) is 11.7 Å². The molecule has 0 spiro atoms. The van der Waals surface area contributed by atoms with E-state index in [1.807, 2.05) is 0 Å². The molecular formula is C7H11NO2. The molecule has 2 N–H and O–H groups in total. The van der Waals surface area contributed by atoms with Crippen LogP contribution >= 0.6 is 0 Å². The average Bonchev–Trinajstić information content (AvgIpc) is 1.88. The van der Waals surface area contributed by atoms with Gasteiger partial charge in [-0.25, -0.2) is 0 Å². The summed E-state index contributed by atoms with van der Waals surface area (Å²) in [6.45, 7) is 0. The maximum Gasteiger partial charge on any atom is 0.227 e. The first-order valence-electron chi connectivity index (χ1n) is 3.54. The number of rotatable bonds is 1. The third-order valence-electron chi connectivity index (χ3n) is 1.90. The van der Waals surface area contributed by atoms with E-state index in [-0.39, 0.29) is 5.78 Å². The summed E-state index contributed by atoms with van der Waals surface area (Å²) < 4.78 is 0. The van der Waals surface area contributed by atoms with Crippen LogP contribution < -0.4 is 5.73 Å². The zero-order valence-electron chi connectivity index (χ0n) is 5.80. The first-order chi connectivity index (χ1) is 4.72. The minimum atomic E-state index is -0.478. The smallest absolute Gasteiger partial charge is 0.227 e. The van der Waals surface area contributed by atoms with Gasteiger partial charge in [0.05, 0.1) is 5.92 Å². The second-order valence-electron chi connectivity index (χ2n) is 2.67. The lowest BCUT2D eigenvalue weighted by Gasteiger charge is -2.16. The van der Waals surface area contributed by atoms with Gasteiger partial charge in [-0.05, 0) is 12.8 Å². The van der Waals surface area contributed by atoms with Crippen molar-refractivity contribution in [2.45, 2.75) is 25.7 Å².